The molecule has 2 N–H and O–H groups in total. The van der Waals surface area contributed by atoms with Crippen LogP contribution < -0.4 is 0 Å². The summed E-state index contributed by atoms with van der Waals surface area (Å²) in [7, 11) is 0. The van der Waals surface area contributed by atoms with Gasteiger partial charge in [0.05, 0.1) is 43.7 Å². The van der Waals surface area contributed by atoms with Gasteiger partial charge in [0.1, 0.15) is 11.5 Å². The largest absolute Gasteiger partial charge is 0.478 e. The van der Waals surface area contributed by atoms with Crippen LogP contribution in [0.1, 0.15) is 97.1 Å². The maximum absolute atomic E-state index is 12.1. The molecule has 0 amide bonds. The number of pyridine rings is 3. The van der Waals surface area contributed by atoms with E-state index < -0.39 is 11.9 Å². The number of aromatic nitrogens is 3. The maximum atomic E-state index is 12.1. The Morgan fingerprint density at radius 3 is 1.92 bits per heavy atom. The first-order chi connectivity index (χ1) is 24.8. The summed E-state index contributed by atoms with van der Waals surface area (Å²) in [6.07, 6.45) is 14.6. The van der Waals surface area contributed by atoms with Gasteiger partial charge in [-0.25, -0.2) is 14.6 Å². The summed E-state index contributed by atoms with van der Waals surface area (Å²) in [5, 5.41) is 21.5. The van der Waals surface area contributed by atoms with E-state index in [1.807, 2.05) is 12.1 Å². The summed E-state index contributed by atoms with van der Waals surface area (Å²) in [5.74, 6) is -0.470. The molecule has 6 rings (SSSR count). The Morgan fingerprint density at radius 1 is 0.647 bits per heavy atom. The lowest BCUT2D eigenvalue weighted by Crippen LogP contribution is -2.02. The first kappa shape index (κ1) is 35.9. The standard InChI is InChI=1S/C41H41N3O5S2/c1-3-5-7-9-11-26-17-20-50-38(26)35-13-14-36(49-35)39-28(12-10-8-6-4-2)25-37(51-39)27-15-18-42-31(21-27)33-23-30(41(47)48)24-34(44-33)32-22-29(40(45)46)16-19-43-32/h13-25H,3-12H2,1-2H3,(H,45,46)(H,47,48). The molecular weight excluding hydrogens is 679 g/mol. The SMILES string of the molecule is CCCCCCc1ccsc1-c1ccc(-c2sc(-c3ccnc(-c4cc(C(=O)O)cc(-c5cc(C(=O)O)ccn5)n4)c3)cc2CCCCCC)o1. The van der Waals surface area contributed by atoms with Crippen molar-refractivity contribution < 1.29 is 24.2 Å². The minimum atomic E-state index is -1.13. The average molecular weight is 720 g/mol. The van der Waals surface area contributed by atoms with Crippen LogP contribution in [0.3, 0.4) is 0 Å². The smallest absolute Gasteiger partial charge is 0.335 e. The zero-order chi connectivity index (χ0) is 35.7. The third kappa shape index (κ3) is 8.69. The summed E-state index contributed by atoms with van der Waals surface area (Å²) in [5.41, 5.74) is 4.91. The summed E-state index contributed by atoms with van der Waals surface area (Å²) in [6, 6.07) is 18.2. The number of carboxylic acids is 2. The van der Waals surface area contributed by atoms with Crippen molar-refractivity contribution in [3.63, 3.8) is 0 Å². The lowest BCUT2D eigenvalue weighted by Gasteiger charge is -2.08. The normalized spacial score (nSPS) is 11.3. The Morgan fingerprint density at radius 2 is 1.25 bits per heavy atom. The number of aromatic carboxylic acids is 2. The van der Waals surface area contributed by atoms with Crippen LogP contribution in [-0.4, -0.2) is 37.1 Å². The Balaban J connectivity index is 1.34. The average Bonchev–Trinajstić information content (AvgIpc) is 3.92. The van der Waals surface area contributed by atoms with E-state index in [0.717, 1.165) is 46.1 Å². The number of aryl methyl sites for hydroxylation is 2. The molecule has 6 aromatic heterocycles. The number of hydrogen-bond donors (Lipinski definition) is 2. The van der Waals surface area contributed by atoms with E-state index in [4.69, 9.17) is 4.42 Å². The molecule has 262 valence electrons. The van der Waals surface area contributed by atoms with Crippen molar-refractivity contribution in [1.29, 1.82) is 0 Å². The Hall–Kier alpha value is -4.93. The minimum absolute atomic E-state index is 0.000914. The molecule has 6 aromatic rings. The van der Waals surface area contributed by atoms with Gasteiger partial charge < -0.3 is 14.6 Å². The van der Waals surface area contributed by atoms with Crippen LogP contribution in [0.5, 0.6) is 0 Å². The molecule has 0 aliphatic heterocycles. The van der Waals surface area contributed by atoms with Gasteiger partial charge in [-0.3, -0.25) is 9.97 Å². The molecule has 0 fully saturated rings. The summed E-state index contributed by atoms with van der Waals surface area (Å²) >= 11 is 3.42. The molecule has 0 aliphatic rings. The van der Waals surface area contributed by atoms with E-state index in [0.29, 0.717) is 11.4 Å². The Kier molecular flexibility index (Phi) is 11.9. The molecule has 0 aromatic carbocycles. The van der Waals surface area contributed by atoms with E-state index in [1.165, 1.54) is 91.4 Å². The van der Waals surface area contributed by atoms with Gasteiger partial charge in [0.15, 0.2) is 0 Å². The first-order valence-electron chi connectivity index (χ1n) is 17.6. The summed E-state index contributed by atoms with van der Waals surface area (Å²) in [6.45, 7) is 4.45. The Labute approximate surface area is 305 Å². The summed E-state index contributed by atoms with van der Waals surface area (Å²) in [4.78, 5) is 40.6. The predicted octanol–water partition coefficient (Wildman–Crippen LogP) is 11.6. The van der Waals surface area contributed by atoms with Crippen molar-refractivity contribution >= 4 is 34.6 Å². The molecule has 0 unspecified atom stereocenters. The molecule has 8 nitrogen and oxygen atoms in total. The van der Waals surface area contributed by atoms with Gasteiger partial charge in [-0.2, -0.15) is 0 Å². The third-order valence-corrected chi connectivity index (χ3v) is 11.1. The van der Waals surface area contributed by atoms with Crippen molar-refractivity contribution in [1.82, 2.24) is 15.0 Å². The van der Waals surface area contributed by atoms with Crippen LogP contribution in [0.15, 0.2) is 82.9 Å². The quantitative estimate of drug-likeness (QED) is 0.0892. The zero-order valence-electron chi connectivity index (χ0n) is 28.9. The van der Waals surface area contributed by atoms with Gasteiger partial charge in [-0.15, -0.1) is 22.7 Å². The van der Waals surface area contributed by atoms with Crippen molar-refractivity contribution in [3.05, 3.63) is 101 Å². The maximum Gasteiger partial charge on any atom is 0.335 e. The number of furan rings is 1. The van der Waals surface area contributed by atoms with Crippen LogP contribution in [0.4, 0.5) is 0 Å². The fourth-order valence-electron chi connectivity index (χ4n) is 6.12. The van der Waals surface area contributed by atoms with Gasteiger partial charge in [0.25, 0.3) is 0 Å². The highest BCUT2D eigenvalue weighted by Crippen LogP contribution is 2.42. The molecule has 6 heterocycles. The highest BCUT2D eigenvalue weighted by molar-refractivity contribution is 7.19. The van der Waals surface area contributed by atoms with E-state index in [1.54, 1.807) is 28.9 Å². The number of hydrogen-bond acceptors (Lipinski definition) is 8. The van der Waals surface area contributed by atoms with E-state index >= 15 is 0 Å². The minimum Gasteiger partial charge on any atom is -0.478 e. The molecule has 0 saturated heterocycles. The van der Waals surface area contributed by atoms with Gasteiger partial charge in [-0.1, -0.05) is 52.4 Å². The predicted molar refractivity (Wildman–Crippen MR) is 205 cm³/mol. The molecule has 0 spiro atoms. The lowest BCUT2D eigenvalue weighted by atomic mass is 10.0. The second-order valence-corrected chi connectivity index (χ2v) is 14.6. The van der Waals surface area contributed by atoms with E-state index in [9.17, 15) is 19.8 Å². The van der Waals surface area contributed by atoms with Crippen LogP contribution in [0.2, 0.25) is 0 Å². The van der Waals surface area contributed by atoms with E-state index in [2.05, 4.69) is 58.4 Å². The van der Waals surface area contributed by atoms with Crippen molar-refractivity contribution in [2.24, 2.45) is 0 Å². The molecular formula is C41H41N3O5S2. The van der Waals surface area contributed by atoms with Crippen molar-refractivity contribution in [2.75, 3.05) is 0 Å². The summed E-state index contributed by atoms with van der Waals surface area (Å²) < 4.78 is 6.61. The van der Waals surface area contributed by atoms with Crippen LogP contribution in [0, 0.1) is 0 Å². The fourth-order valence-corrected chi connectivity index (χ4v) is 8.21. The van der Waals surface area contributed by atoms with Crippen molar-refractivity contribution in [3.8, 4) is 54.5 Å². The number of nitrogens with zero attached hydrogens (tertiary/aromatic N) is 3. The molecule has 51 heavy (non-hydrogen) atoms. The number of carbonyl (C=O) groups is 2. The van der Waals surface area contributed by atoms with Crippen LogP contribution in [0.25, 0.3) is 54.5 Å². The Bertz CT molecular complexity index is 2130. The number of rotatable bonds is 17. The monoisotopic (exact) mass is 719 g/mol. The number of thiophene rings is 2. The fraction of sp³-hybridized carbons (Fsp3) is 0.293. The van der Waals surface area contributed by atoms with E-state index in [-0.39, 0.29) is 22.5 Å². The third-order valence-electron chi connectivity index (χ3n) is 8.86. The molecule has 0 atom stereocenters. The second-order valence-electron chi connectivity index (χ2n) is 12.6. The molecule has 0 radical (unpaired) electrons. The first-order valence-corrected chi connectivity index (χ1v) is 19.3. The van der Waals surface area contributed by atoms with Gasteiger partial charge in [-0.05, 0) is 108 Å². The molecule has 0 bridgehead atoms. The highest BCUT2D eigenvalue weighted by atomic mass is 32.1. The van der Waals surface area contributed by atoms with Crippen molar-refractivity contribution in [2.45, 2.75) is 78.1 Å². The van der Waals surface area contributed by atoms with Crippen LogP contribution in [-0.2, 0) is 12.8 Å². The van der Waals surface area contributed by atoms with Gasteiger partial charge >= 0.3 is 11.9 Å². The molecule has 0 saturated carbocycles. The number of carboxylic acid groups (broad SMARTS) is 2. The lowest BCUT2D eigenvalue weighted by molar-refractivity contribution is 0.0686. The molecule has 0 aliphatic carbocycles. The molecule has 10 heteroatoms. The highest BCUT2D eigenvalue weighted by Gasteiger charge is 2.20. The van der Waals surface area contributed by atoms with Gasteiger partial charge in [0.2, 0.25) is 0 Å². The topological polar surface area (TPSA) is 126 Å². The second kappa shape index (κ2) is 16.9. The van der Waals surface area contributed by atoms with Gasteiger partial charge in [0, 0.05) is 17.3 Å². The zero-order valence-corrected chi connectivity index (χ0v) is 30.5. The number of unbranched alkanes of at least 4 members (excludes halogenated alkanes) is 6. The van der Waals surface area contributed by atoms with Crippen LogP contribution >= 0.6 is 22.7 Å².